The number of rotatable bonds is 3. The molecular weight excluding hydrogens is 256 g/mol. The van der Waals surface area contributed by atoms with Gasteiger partial charge in [-0.25, -0.2) is 14.6 Å². The van der Waals surface area contributed by atoms with Gasteiger partial charge in [0.2, 0.25) is 0 Å². The molecule has 0 saturated heterocycles. The largest absolute Gasteiger partial charge is 0.305 e. The van der Waals surface area contributed by atoms with E-state index in [9.17, 15) is 4.79 Å². The van der Waals surface area contributed by atoms with Gasteiger partial charge in [0.05, 0.1) is 11.8 Å². The molecule has 0 radical (unpaired) electrons. The SMILES string of the molecule is O=C(Nc1cnccn1)c1cccnc1-n1cccn1. The van der Waals surface area contributed by atoms with E-state index in [1.165, 1.54) is 23.3 Å². The minimum atomic E-state index is -0.316. The maximum Gasteiger partial charge on any atom is 0.260 e. The van der Waals surface area contributed by atoms with Crippen molar-refractivity contribution >= 4 is 11.7 Å². The molecule has 0 aromatic carbocycles. The lowest BCUT2D eigenvalue weighted by Gasteiger charge is -2.08. The third-order valence-corrected chi connectivity index (χ3v) is 2.56. The van der Waals surface area contributed by atoms with Gasteiger partial charge in [0.1, 0.15) is 0 Å². The van der Waals surface area contributed by atoms with Crippen LogP contribution in [0.3, 0.4) is 0 Å². The normalized spacial score (nSPS) is 10.2. The van der Waals surface area contributed by atoms with Gasteiger partial charge in [0.15, 0.2) is 11.6 Å². The third-order valence-electron chi connectivity index (χ3n) is 2.56. The highest BCUT2D eigenvalue weighted by Gasteiger charge is 2.14. The average Bonchev–Trinajstić information content (AvgIpc) is 3.02. The zero-order valence-electron chi connectivity index (χ0n) is 10.3. The molecule has 1 N–H and O–H groups in total. The summed E-state index contributed by atoms with van der Waals surface area (Å²) in [6.45, 7) is 0. The summed E-state index contributed by atoms with van der Waals surface area (Å²) in [7, 11) is 0. The summed E-state index contributed by atoms with van der Waals surface area (Å²) < 4.78 is 1.53. The molecular formula is C13H10N6O. The van der Waals surface area contributed by atoms with E-state index in [0.29, 0.717) is 17.2 Å². The minimum absolute atomic E-state index is 0.316. The standard InChI is InChI=1S/C13H10N6O/c20-13(18-11-9-14-6-7-15-11)10-3-1-4-16-12(10)19-8-2-5-17-19/h1-9H,(H,15,18,20). The Morgan fingerprint density at radius 1 is 1.10 bits per heavy atom. The highest BCUT2D eigenvalue weighted by atomic mass is 16.1. The van der Waals surface area contributed by atoms with E-state index in [4.69, 9.17) is 0 Å². The molecule has 3 aromatic rings. The van der Waals surface area contributed by atoms with Gasteiger partial charge in [-0.15, -0.1) is 0 Å². The summed E-state index contributed by atoms with van der Waals surface area (Å²) in [5, 5.41) is 6.75. The van der Waals surface area contributed by atoms with Crippen LogP contribution in [0.2, 0.25) is 0 Å². The second-order valence-corrected chi connectivity index (χ2v) is 3.87. The number of anilines is 1. The average molecular weight is 266 g/mol. The van der Waals surface area contributed by atoms with Crippen LogP contribution in [0, 0.1) is 0 Å². The van der Waals surface area contributed by atoms with Gasteiger partial charge in [-0.2, -0.15) is 5.10 Å². The molecule has 0 spiro atoms. The number of aromatic nitrogens is 5. The summed E-state index contributed by atoms with van der Waals surface area (Å²) in [6, 6.07) is 5.13. The molecule has 0 saturated carbocycles. The summed E-state index contributed by atoms with van der Waals surface area (Å²) in [4.78, 5) is 24.4. The summed E-state index contributed by atoms with van der Waals surface area (Å²) in [5.74, 6) is 0.524. The molecule has 0 fully saturated rings. The van der Waals surface area contributed by atoms with Crippen LogP contribution in [0.25, 0.3) is 5.82 Å². The van der Waals surface area contributed by atoms with E-state index in [-0.39, 0.29) is 5.91 Å². The molecule has 3 aromatic heterocycles. The van der Waals surface area contributed by atoms with Crippen molar-refractivity contribution in [3.63, 3.8) is 0 Å². The van der Waals surface area contributed by atoms with Gasteiger partial charge in [0, 0.05) is 31.0 Å². The molecule has 3 heterocycles. The van der Waals surface area contributed by atoms with Crippen LogP contribution < -0.4 is 5.32 Å². The first-order chi connectivity index (χ1) is 9.84. The maximum atomic E-state index is 12.3. The van der Waals surface area contributed by atoms with Crippen LogP contribution in [0.4, 0.5) is 5.82 Å². The maximum absolute atomic E-state index is 12.3. The highest BCUT2D eigenvalue weighted by molar-refractivity contribution is 6.05. The van der Waals surface area contributed by atoms with Gasteiger partial charge in [-0.05, 0) is 18.2 Å². The number of carbonyl (C=O) groups is 1. The Morgan fingerprint density at radius 2 is 2.05 bits per heavy atom. The van der Waals surface area contributed by atoms with Crippen LogP contribution in [-0.2, 0) is 0 Å². The molecule has 7 heteroatoms. The lowest BCUT2D eigenvalue weighted by molar-refractivity contribution is 0.102. The number of nitrogens with one attached hydrogen (secondary N) is 1. The van der Waals surface area contributed by atoms with Gasteiger partial charge < -0.3 is 5.32 Å². The van der Waals surface area contributed by atoms with Crippen molar-refractivity contribution in [3.05, 3.63) is 60.9 Å². The smallest absolute Gasteiger partial charge is 0.260 e. The molecule has 0 aliphatic carbocycles. The molecule has 0 aliphatic rings. The summed E-state index contributed by atoms with van der Waals surface area (Å²) >= 11 is 0. The predicted octanol–water partition coefficient (Wildman–Crippen LogP) is 1.31. The number of nitrogens with zero attached hydrogens (tertiary/aromatic N) is 5. The second-order valence-electron chi connectivity index (χ2n) is 3.87. The number of hydrogen-bond donors (Lipinski definition) is 1. The van der Waals surface area contributed by atoms with E-state index < -0.39 is 0 Å². The fraction of sp³-hybridized carbons (Fsp3) is 0. The van der Waals surface area contributed by atoms with Gasteiger partial charge in [-0.1, -0.05) is 0 Å². The van der Waals surface area contributed by atoms with Gasteiger partial charge in [0.25, 0.3) is 5.91 Å². The highest BCUT2D eigenvalue weighted by Crippen LogP contribution is 2.12. The molecule has 7 nitrogen and oxygen atoms in total. The van der Waals surface area contributed by atoms with Crippen molar-refractivity contribution in [2.45, 2.75) is 0 Å². The van der Waals surface area contributed by atoms with Crippen molar-refractivity contribution in [3.8, 4) is 5.82 Å². The van der Waals surface area contributed by atoms with Crippen molar-refractivity contribution in [1.82, 2.24) is 24.7 Å². The second kappa shape index (κ2) is 5.27. The summed E-state index contributed by atoms with van der Waals surface area (Å²) in [5.41, 5.74) is 0.404. The van der Waals surface area contributed by atoms with Crippen molar-refractivity contribution < 1.29 is 4.79 Å². The number of hydrogen-bond acceptors (Lipinski definition) is 5. The zero-order valence-corrected chi connectivity index (χ0v) is 10.3. The number of pyridine rings is 1. The Morgan fingerprint density at radius 3 is 2.80 bits per heavy atom. The first-order valence-electron chi connectivity index (χ1n) is 5.87. The number of amides is 1. The molecule has 3 rings (SSSR count). The third kappa shape index (κ3) is 2.37. The van der Waals surface area contributed by atoms with Crippen LogP contribution in [0.15, 0.2) is 55.4 Å². The van der Waals surface area contributed by atoms with Crippen LogP contribution in [-0.4, -0.2) is 30.6 Å². The van der Waals surface area contributed by atoms with E-state index in [1.807, 2.05) is 0 Å². The summed E-state index contributed by atoms with van der Waals surface area (Å²) in [6.07, 6.45) is 9.47. The van der Waals surface area contributed by atoms with Crippen molar-refractivity contribution in [1.29, 1.82) is 0 Å². The lowest BCUT2D eigenvalue weighted by atomic mass is 10.2. The molecule has 0 aliphatic heterocycles. The topological polar surface area (TPSA) is 85.6 Å². The lowest BCUT2D eigenvalue weighted by Crippen LogP contribution is -2.17. The molecule has 0 unspecified atom stereocenters. The van der Waals surface area contributed by atoms with Crippen molar-refractivity contribution in [2.24, 2.45) is 0 Å². The Kier molecular flexibility index (Phi) is 3.15. The van der Waals surface area contributed by atoms with Gasteiger partial charge in [-0.3, -0.25) is 9.78 Å². The fourth-order valence-corrected chi connectivity index (χ4v) is 1.70. The molecule has 0 atom stereocenters. The van der Waals surface area contributed by atoms with Crippen LogP contribution in [0.1, 0.15) is 10.4 Å². The molecule has 20 heavy (non-hydrogen) atoms. The molecule has 98 valence electrons. The Labute approximate surface area is 114 Å². The minimum Gasteiger partial charge on any atom is -0.305 e. The van der Waals surface area contributed by atoms with Gasteiger partial charge >= 0.3 is 0 Å². The Hall–Kier alpha value is -3.09. The predicted molar refractivity (Wildman–Crippen MR) is 71.3 cm³/mol. The first-order valence-corrected chi connectivity index (χ1v) is 5.87. The number of carbonyl (C=O) groups excluding carboxylic acids is 1. The molecule has 1 amide bonds. The zero-order chi connectivity index (χ0) is 13.8. The van der Waals surface area contributed by atoms with E-state index in [2.05, 4.69) is 25.4 Å². The van der Waals surface area contributed by atoms with E-state index >= 15 is 0 Å². The molecule has 0 bridgehead atoms. The van der Waals surface area contributed by atoms with Crippen LogP contribution >= 0.6 is 0 Å². The Bertz CT molecular complexity index is 711. The van der Waals surface area contributed by atoms with E-state index in [1.54, 1.807) is 36.8 Å². The van der Waals surface area contributed by atoms with Crippen LogP contribution in [0.5, 0.6) is 0 Å². The first kappa shape index (κ1) is 12.0. The monoisotopic (exact) mass is 266 g/mol. The quantitative estimate of drug-likeness (QED) is 0.772. The fourth-order valence-electron chi connectivity index (χ4n) is 1.70. The van der Waals surface area contributed by atoms with Crippen molar-refractivity contribution in [2.75, 3.05) is 5.32 Å². The Balaban J connectivity index is 1.93. The van der Waals surface area contributed by atoms with E-state index in [0.717, 1.165) is 0 Å².